The van der Waals surface area contributed by atoms with E-state index in [0.29, 0.717) is 0 Å². The first-order valence-electron chi connectivity index (χ1n) is 10.4. The topological polar surface area (TPSA) is 35.2 Å². The first-order valence-corrected chi connectivity index (χ1v) is 10.4. The minimum atomic E-state index is 0.282. The van der Waals surface area contributed by atoms with Crippen molar-refractivity contribution in [3.05, 3.63) is 12.2 Å². The lowest BCUT2D eigenvalue weighted by Gasteiger charge is -2.12. The molecular formula is C21H43NO. The summed E-state index contributed by atoms with van der Waals surface area (Å²) in [5.74, 6) is 5.31. The number of allylic oxidation sites excluding steroid dienone is 2. The van der Waals surface area contributed by atoms with Crippen molar-refractivity contribution in [1.82, 2.24) is 0 Å². The van der Waals surface area contributed by atoms with Crippen molar-refractivity contribution in [3.8, 4) is 0 Å². The Morgan fingerprint density at radius 3 is 1.70 bits per heavy atom. The highest BCUT2D eigenvalue weighted by molar-refractivity contribution is 4.81. The summed E-state index contributed by atoms with van der Waals surface area (Å²) in [5.41, 5.74) is 0. The van der Waals surface area contributed by atoms with Gasteiger partial charge in [0, 0.05) is 0 Å². The minimum absolute atomic E-state index is 0.282. The fourth-order valence-corrected chi connectivity index (χ4v) is 3.05. The Balaban J connectivity index is 3.19. The van der Waals surface area contributed by atoms with Crippen molar-refractivity contribution in [2.45, 2.75) is 123 Å². The summed E-state index contributed by atoms with van der Waals surface area (Å²) in [5, 5.41) is 0. The molecule has 0 aliphatic carbocycles. The van der Waals surface area contributed by atoms with Gasteiger partial charge in [0.15, 0.2) is 0 Å². The van der Waals surface area contributed by atoms with E-state index in [1.807, 2.05) is 0 Å². The van der Waals surface area contributed by atoms with Crippen LogP contribution in [0.15, 0.2) is 12.2 Å². The van der Waals surface area contributed by atoms with E-state index in [2.05, 4.69) is 26.0 Å². The van der Waals surface area contributed by atoms with Gasteiger partial charge in [0.05, 0.1) is 6.10 Å². The highest BCUT2D eigenvalue weighted by Crippen LogP contribution is 2.13. The lowest BCUT2D eigenvalue weighted by Crippen LogP contribution is -2.16. The van der Waals surface area contributed by atoms with Gasteiger partial charge in [0.1, 0.15) is 0 Å². The molecule has 0 radical (unpaired) electrons. The van der Waals surface area contributed by atoms with Crippen LogP contribution in [0.3, 0.4) is 0 Å². The number of rotatable bonds is 18. The van der Waals surface area contributed by atoms with Crippen LogP contribution in [0.4, 0.5) is 0 Å². The summed E-state index contributed by atoms with van der Waals surface area (Å²) in [4.78, 5) is 5.00. The number of nitrogens with two attached hydrogens (primary N) is 1. The Labute approximate surface area is 146 Å². The maximum absolute atomic E-state index is 5.31. The highest BCUT2D eigenvalue weighted by Gasteiger charge is 2.05. The van der Waals surface area contributed by atoms with Gasteiger partial charge < -0.3 is 4.84 Å². The van der Waals surface area contributed by atoms with E-state index >= 15 is 0 Å². The first-order chi connectivity index (χ1) is 11.3. The standard InChI is InChI=1S/C21H43NO/c1-3-5-6-7-8-9-10-11-12-13-14-15-16-17-18-20-21(23-22)19-4-2/h11-12,21H,3-10,13-20,22H2,1-2H3/b12-11-. The van der Waals surface area contributed by atoms with Gasteiger partial charge in [-0.3, -0.25) is 0 Å². The first kappa shape index (κ1) is 22.7. The van der Waals surface area contributed by atoms with Crippen molar-refractivity contribution < 1.29 is 4.84 Å². The summed E-state index contributed by atoms with van der Waals surface area (Å²) >= 11 is 0. The fraction of sp³-hybridized carbons (Fsp3) is 0.905. The van der Waals surface area contributed by atoms with Crippen LogP contribution < -0.4 is 5.90 Å². The van der Waals surface area contributed by atoms with Crippen molar-refractivity contribution in [2.24, 2.45) is 5.90 Å². The third kappa shape index (κ3) is 17.8. The van der Waals surface area contributed by atoms with Gasteiger partial charge in [-0.15, -0.1) is 0 Å². The van der Waals surface area contributed by atoms with E-state index in [9.17, 15) is 0 Å². The molecule has 0 aliphatic rings. The summed E-state index contributed by atoms with van der Waals surface area (Å²) < 4.78 is 0. The van der Waals surface area contributed by atoms with Gasteiger partial charge in [-0.2, -0.15) is 0 Å². The van der Waals surface area contributed by atoms with Crippen molar-refractivity contribution in [1.29, 1.82) is 0 Å². The maximum atomic E-state index is 5.31. The minimum Gasteiger partial charge on any atom is -0.301 e. The molecular weight excluding hydrogens is 282 g/mol. The largest absolute Gasteiger partial charge is 0.301 e. The average molecular weight is 326 g/mol. The summed E-state index contributed by atoms with van der Waals surface area (Å²) in [6.07, 6.45) is 26.1. The number of hydrogen-bond donors (Lipinski definition) is 1. The molecule has 2 N–H and O–H groups in total. The van der Waals surface area contributed by atoms with Gasteiger partial charge in [-0.25, -0.2) is 5.90 Å². The van der Waals surface area contributed by atoms with Gasteiger partial charge in [0.2, 0.25) is 0 Å². The molecule has 0 amide bonds. The van der Waals surface area contributed by atoms with Gasteiger partial charge in [0.25, 0.3) is 0 Å². The monoisotopic (exact) mass is 325 g/mol. The molecule has 2 nitrogen and oxygen atoms in total. The van der Waals surface area contributed by atoms with Crippen molar-refractivity contribution in [3.63, 3.8) is 0 Å². The molecule has 0 rings (SSSR count). The van der Waals surface area contributed by atoms with Crippen LogP contribution in [0.1, 0.15) is 117 Å². The summed E-state index contributed by atoms with van der Waals surface area (Å²) in [6, 6.07) is 0. The Morgan fingerprint density at radius 2 is 1.17 bits per heavy atom. The van der Waals surface area contributed by atoms with E-state index in [1.165, 1.54) is 83.5 Å². The summed E-state index contributed by atoms with van der Waals surface area (Å²) in [7, 11) is 0. The van der Waals surface area contributed by atoms with Crippen molar-refractivity contribution >= 4 is 0 Å². The van der Waals surface area contributed by atoms with Crippen LogP contribution in [0.2, 0.25) is 0 Å². The molecule has 0 aromatic carbocycles. The van der Waals surface area contributed by atoms with Crippen LogP contribution in [-0.2, 0) is 4.84 Å². The van der Waals surface area contributed by atoms with E-state index < -0.39 is 0 Å². The molecule has 2 heteroatoms. The molecule has 0 bridgehead atoms. The molecule has 0 aromatic heterocycles. The molecule has 0 saturated heterocycles. The van der Waals surface area contributed by atoms with Crippen LogP contribution in [0.5, 0.6) is 0 Å². The molecule has 0 aliphatic heterocycles. The van der Waals surface area contributed by atoms with E-state index in [4.69, 9.17) is 10.7 Å². The second-order valence-electron chi connectivity index (χ2n) is 6.92. The normalized spacial score (nSPS) is 13.0. The van der Waals surface area contributed by atoms with Crippen LogP contribution in [0, 0.1) is 0 Å². The highest BCUT2D eigenvalue weighted by atomic mass is 16.6. The van der Waals surface area contributed by atoms with Gasteiger partial charge in [-0.1, -0.05) is 90.2 Å². The van der Waals surface area contributed by atoms with Crippen LogP contribution >= 0.6 is 0 Å². The number of hydrogen-bond acceptors (Lipinski definition) is 2. The lowest BCUT2D eigenvalue weighted by atomic mass is 10.0. The maximum Gasteiger partial charge on any atom is 0.0787 e. The quantitative estimate of drug-likeness (QED) is 0.166. The summed E-state index contributed by atoms with van der Waals surface area (Å²) in [6.45, 7) is 4.46. The molecule has 23 heavy (non-hydrogen) atoms. The zero-order valence-electron chi connectivity index (χ0n) is 16.0. The van der Waals surface area contributed by atoms with E-state index in [-0.39, 0.29) is 6.10 Å². The zero-order valence-corrected chi connectivity index (χ0v) is 16.0. The molecule has 1 atom stereocenters. The van der Waals surface area contributed by atoms with E-state index in [1.54, 1.807) is 0 Å². The van der Waals surface area contributed by atoms with Crippen LogP contribution in [-0.4, -0.2) is 6.10 Å². The number of unbranched alkanes of at least 4 members (excludes halogenated alkanes) is 11. The molecule has 0 fully saturated rings. The van der Waals surface area contributed by atoms with Crippen LogP contribution in [0.25, 0.3) is 0 Å². The second kappa shape index (κ2) is 19.7. The molecule has 1 unspecified atom stereocenters. The lowest BCUT2D eigenvalue weighted by molar-refractivity contribution is 0.0391. The second-order valence-corrected chi connectivity index (χ2v) is 6.92. The third-order valence-corrected chi connectivity index (χ3v) is 4.59. The van der Waals surface area contributed by atoms with Gasteiger partial charge in [-0.05, 0) is 38.5 Å². The fourth-order valence-electron chi connectivity index (χ4n) is 3.05. The average Bonchev–Trinajstić information content (AvgIpc) is 2.57. The Morgan fingerprint density at radius 1 is 0.652 bits per heavy atom. The third-order valence-electron chi connectivity index (χ3n) is 4.59. The Kier molecular flexibility index (Phi) is 19.4. The molecule has 0 aromatic rings. The SMILES string of the molecule is CCCCCCCC/C=C\CCCCCCCC(CCC)ON. The molecule has 0 spiro atoms. The predicted octanol–water partition coefficient (Wildman–Crippen LogP) is 7.08. The van der Waals surface area contributed by atoms with E-state index in [0.717, 1.165) is 19.3 Å². The Hall–Kier alpha value is -0.340. The zero-order chi connectivity index (χ0) is 17.0. The van der Waals surface area contributed by atoms with Crippen molar-refractivity contribution in [2.75, 3.05) is 0 Å². The molecule has 0 saturated carbocycles. The Bertz CT molecular complexity index is 240. The molecule has 138 valence electrons. The van der Waals surface area contributed by atoms with Gasteiger partial charge >= 0.3 is 0 Å². The molecule has 0 heterocycles. The predicted molar refractivity (Wildman–Crippen MR) is 103 cm³/mol. The smallest absolute Gasteiger partial charge is 0.0787 e.